The molecule has 1 aromatic carbocycles. The Labute approximate surface area is 115 Å². The summed E-state index contributed by atoms with van der Waals surface area (Å²) >= 11 is 2.40. The quantitative estimate of drug-likeness (QED) is 0.609. The third-order valence-electron chi connectivity index (χ3n) is 2.83. The van der Waals surface area contributed by atoms with Gasteiger partial charge in [0.15, 0.2) is 0 Å². The lowest BCUT2D eigenvalue weighted by Gasteiger charge is -2.29. The van der Waals surface area contributed by atoms with Gasteiger partial charge in [0.1, 0.15) is 6.61 Å². The Balaban J connectivity index is 1.81. The summed E-state index contributed by atoms with van der Waals surface area (Å²) in [5, 5.41) is 0. The average Bonchev–Trinajstić information content (AvgIpc) is 2.37. The zero-order valence-corrected chi connectivity index (χ0v) is 11.8. The van der Waals surface area contributed by atoms with Crippen molar-refractivity contribution in [1.29, 1.82) is 0 Å². The first kappa shape index (κ1) is 12.7. The monoisotopic (exact) mass is 345 g/mol. The van der Waals surface area contributed by atoms with E-state index in [2.05, 4.69) is 22.6 Å². The smallest absolute Gasteiger partial charge is 0.410 e. The van der Waals surface area contributed by atoms with Crippen molar-refractivity contribution in [1.82, 2.24) is 4.90 Å². The van der Waals surface area contributed by atoms with E-state index in [1.54, 1.807) is 0 Å². The maximum absolute atomic E-state index is 11.8. The van der Waals surface area contributed by atoms with E-state index in [-0.39, 0.29) is 6.09 Å². The van der Waals surface area contributed by atoms with Crippen LogP contribution in [-0.2, 0) is 11.3 Å². The summed E-state index contributed by atoms with van der Waals surface area (Å²) < 4.78 is 5.86. The van der Waals surface area contributed by atoms with Crippen molar-refractivity contribution in [2.45, 2.75) is 23.4 Å². The summed E-state index contributed by atoms with van der Waals surface area (Å²) in [5.74, 6) is 0. The summed E-state index contributed by atoms with van der Waals surface area (Å²) in [5.41, 5.74) is 1.03. The molecular formula is C13H16INO2. The van der Waals surface area contributed by atoms with E-state index >= 15 is 0 Å². The predicted molar refractivity (Wildman–Crippen MR) is 75.2 cm³/mol. The number of halogens is 1. The van der Waals surface area contributed by atoms with Crippen molar-refractivity contribution < 1.29 is 9.53 Å². The molecule has 0 saturated carbocycles. The number of ether oxygens (including phenoxy) is 1. The van der Waals surface area contributed by atoms with Gasteiger partial charge in [-0.3, -0.25) is 0 Å². The topological polar surface area (TPSA) is 29.5 Å². The molecule has 4 heteroatoms. The lowest BCUT2D eigenvalue weighted by Crippen LogP contribution is -2.40. The molecule has 1 aliphatic rings. The first-order chi connectivity index (χ1) is 8.25. The second-order valence-electron chi connectivity index (χ2n) is 4.23. The standard InChI is InChI=1S/C13H16INO2/c14-12-7-4-8-15(9-12)13(16)17-10-11-5-2-1-3-6-11/h1-3,5-6,12H,4,7-10H2/t12-/m0/s1. The molecule has 0 bridgehead atoms. The number of hydrogen-bond donors (Lipinski definition) is 0. The van der Waals surface area contributed by atoms with E-state index in [0.29, 0.717) is 10.5 Å². The Bertz CT molecular complexity index is 369. The molecule has 1 heterocycles. The van der Waals surface area contributed by atoms with Crippen LogP contribution in [0, 0.1) is 0 Å². The molecule has 2 rings (SSSR count). The fourth-order valence-electron chi connectivity index (χ4n) is 1.90. The summed E-state index contributed by atoms with van der Waals surface area (Å²) in [6.45, 7) is 2.00. The number of carbonyl (C=O) groups excluding carboxylic acids is 1. The van der Waals surface area contributed by atoms with Crippen LogP contribution in [0.15, 0.2) is 30.3 Å². The van der Waals surface area contributed by atoms with Gasteiger partial charge in [0.25, 0.3) is 0 Å². The van der Waals surface area contributed by atoms with Crippen LogP contribution in [0.1, 0.15) is 18.4 Å². The normalized spacial score (nSPS) is 20.1. The minimum Gasteiger partial charge on any atom is -0.445 e. The molecule has 0 spiro atoms. The number of alkyl halides is 1. The number of benzene rings is 1. The van der Waals surface area contributed by atoms with Crippen molar-refractivity contribution in [3.8, 4) is 0 Å². The summed E-state index contributed by atoms with van der Waals surface area (Å²) in [7, 11) is 0. The van der Waals surface area contributed by atoms with E-state index in [4.69, 9.17) is 4.74 Å². The van der Waals surface area contributed by atoms with Crippen LogP contribution in [0.4, 0.5) is 4.79 Å². The van der Waals surface area contributed by atoms with Gasteiger partial charge in [-0.2, -0.15) is 0 Å². The van der Waals surface area contributed by atoms with Crippen LogP contribution < -0.4 is 0 Å². The lowest BCUT2D eigenvalue weighted by molar-refractivity contribution is 0.0910. The molecule has 0 aromatic heterocycles. The van der Waals surface area contributed by atoms with Crippen LogP contribution in [0.3, 0.4) is 0 Å². The minimum absolute atomic E-state index is 0.185. The number of likely N-dealkylation sites (tertiary alicyclic amines) is 1. The van der Waals surface area contributed by atoms with Crippen molar-refractivity contribution in [3.63, 3.8) is 0 Å². The molecule has 1 atom stereocenters. The van der Waals surface area contributed by atoms with Crippen LogP contribution >= 0.6 is 22.6 Å². The fourth-order valence-corrected chi connectivity index (χ4v) is 2.82. The number of carbonyl (C=O) groups is 1. The van der Waals surface area contributed by atoms with Gasteiger partial charge in [-0.05, 0) is 18.4 Å². The molecule has 0 radical (unpaired) electrons. The van der Waals surface area contributed by atoms with E-state index in [1.165, 1.54) is 6.42 Å². The molecule has 0 aliphatic carbocycles. The SMILES string of the molecule is O=C(OCc1ccccc1)N1CCC[C@H](I)C1. The van der Waals surface area contributed by atoms with Gasteiger partial charge in [-0.25, -0.2) is 4.79 Å². The number of nitrogens with zero attached hydrogens (tertiary/aromatic N) is 1. The highest BCUT2D eigenvalue weighted by atomic mass is 127. The van der Waals surface area contributed by atoms with E-state index in [9.17, 15) is 4.79 Å². The zero-order valence-electron chi connectivity index (χ0n) is 9.64. The molecule has 0 unspecified atom stereocenters. The number of rotatable bonds is 2. The first-order valence-electron chi connectivity index (χ1n) is 5.85. The highest BCUT2D eigenvalue weighted by molar-refractivity contribution is 14.1. The third-order valence-corrected chi connectivity index (χ3v) is 3.84. The Morgan fingerprint density at radius 3 is 2.88 bits per heavy atom. The van der Waals surface area contributed by atoms with Crippen LogP contribution in [0.2, 0.25) is 0 Å². The molecule has 1 fully saturated rings. The maximum Gasteiger partial charge on any atom is 0.410 e. The highest BCUT2D eigenvalue weighted by Crippen LogP contribution is 2.18. The minimum atomic E-state index is -0.185. The van der Waals surface area contributed by atoms with Gasteiger partial charge in [-0.15, -0.1) is 0 Å². The van der Waals surface area contributed by atoms with E-state index in [1.807, 2.05) is 35.2 Å². The molecule has 17 heavy (non-hydrogen) atoms. The lowest BCUT2D eigenvalue weighted by atomic mass is 10.1. The van der Waals surface area contributed by atoms with Gasteiger partial charge < -0.3 is 9.64 Å². The van der Waals surface area contributed by atoms with Crippen LogP contribution in [-0.4, -0.2) is 28.0 Å². The zero-order chi connectivity index (χ0) is 12.1. The number of amides is 1. The van der Waals surface area contributed by atoms with E-state index < -0.39 is 0 Å². The van der Waals surface area contributed by atoms with Crippen LogP contribution in [0.25, 0.3) is 0 Å². The first-order valence-corrected chi connectivity index (χ1v) is 7.10. The van der Waals surface area contributed by atoms with Crippen molar-refractivity contribution in [2.24, 2.45) is 0 Å². The summed E-state index contributed by atoms with van der Waals surface area (Å²) in [6.07, 6.45) is 2.09. The molecule has 1 aromatic rings. The Morgan fingerprint density at radius 2 is 2.18 bits per heavy atom. The molecule has 92 valence electrons. The summed E-state index contributed by atoms with van der Waals surface area (Å²) in [4.78, 5) is 13.6. The number of hydrogen-bond acceptors (Lipinski definition) is 2. The third kappa shape index (κ3) is 3.87. The van der Waals surface area contributed by atoms with Gasteiger partial charge in [0, 0.05) is 17.0 Å². The molecular weight excluding hydrogens is 329 g/mol. The maximum atomic E-state index is 11.8. The predicted octanol–water partition coefficient (Wildman–Crippen LogP) is 3.22. The van der Waals surface area contributed by atoms with Gasteiger partial charge >= 0.3 is 6.09 Å². The Hall–Kier alpha value is -0.780. The molecule has 1 saturated heterocycles. The molecule has 1 amide bonds. The molecule has 3 nitrogen and oxygen atoms in total. The van der Waals surface area contributed by atoms with Crippen molar-refractivity contribution >= 4 is 28.7 Å². The average molecular weight is 345 g/mol. The summed E-state index contributed by atoms with van der Waals surface area (Å²) in [6, 6.07) is 9.78. The van der Waals surface area contributed by atoms with Crippen molar-refractivity contribution in [3.05, 3.63) is 35.9 Å². The van der Waals surface area contributed by atoms with Gasteiger partial charge in [-0.1, -0.05) is 52.9 Å². The van der Waals surface area contributed by atoms with Gasteiger partial charge in [0.2, 0.25) is 0 Å². The highest BCUT2D eigenvalue weighted by Gasteiger charge is 2.22. The molecule has 1 aliphatic heterocycles. The van der Waals surface area contributed by atoms with E-state index in [0.717, 1.165) is 25.1 Å². The van der Waals surface area contributed by atoms with Crippen molar-refractivity contribution in [2.75, 3.05) is 13.1 Å². The Kier molecular flexibility index (Phi) is 4.65. The second kappa shape index (κ2) is 6.23. The number of piperidine rings is 1. The van der Waals surface area contributed by atoms with Gasteiger partial charge in [0.05, 0.1) is 0 Å². The fraction of sp³-hybridized carbons (Fsp3) is 0.462. The Morgan fingerprint density at radius 1 is 1.41 bits per heavy atom. The van der Waals surface area contributed by atoms with Crippen LogP contribution in [0.5, 0.6) is 0 Å². The second-order valence-corrected chi connectivity index (χ2v) is 5.99. The largest absolute Gasteiger partial charge is 0.445 e. The molecule has 0 N–H and O–H groups in total.